The maximum Gasteiger partial charge on any atom is 0.0229 e. The smallest absolute Gasteiger partial charge is 0.0229 e. The van der Waals surface area contributed by atoms with Crippen LogP contribution in [0.2, 0.25) is 0 Å². The van der Waals surface area contributed by atoms with Crippen LogP contribution in [0.25, 0.3) is 0 Å². The Labute approximate surface area is 113 Å². The molecule has 2 fully saturated rings. The molecular weight excluding hydrogens is 222 g/mol. The van der Waals surface area contributed by atoms with Gasteiger partial charge in [-0.15, -0.1) is 0 Å². The van der Waals surface area contributed by atoms with Crippen LogP contribution in [0.15, 0.2) is 0 Å². The van der Waals surface area contributed by atoms with Gasteiger partial charge in [0, 0.05) is 25.2 Å². The number of nitrogens with two attached hydrogens (primary N) is 1. The van der Waals surface area contributed by atoms with E-state index in [1.54, 1.807) is 0 Å². The molecular formula is C15H31N3. The molecule has 1 aliphatic heterocycles. The normalized spacial score (nSPS) is 37.3. The van der Waals surface area contributed by atoms with Gasteiger partial charge in [-0.3, -0.25) is 0 Å². The summed E-state index contributed by atoms with van der Waals surface area (Å²) >= 11 is 0. The highest BCUT2D eigenvalue weighted by Gasteiger charge is 2.37. The largest absolute Gasteiger partial charge is 0.327 e. The van der Waals surface area contributed by atoms with E-state index in [0.29, 0.717) is 17.4 Å². The van der Waals surface area contributed by atoms with Crippen molar-refractivity contribution in [3.8, 4) is 0 Å². The van der Waals surface area contributed by atoms with Gasteiger partial charge in [0.15, 0.2) is 0 Å². The molecule has 3 atom stereocenters. The Morgan fingerprint density at radius 1 is 1.28 bits per heavy atom. The van der Waals surface area contributed by atoms with E-state index < -0.39 is 0 Å². The molecule has 2 rings (SSSR count). The van der Waals surface area contributed by atoms with Crippen molar-refractivity contribution in [3.63, 3.8) is 0 Å². The Hall–Kier alpha value is -0.120. The summed E-state index contributed by atoms with van der Waals surface area (Å²) in [7, 11) is 4.40. The topological polar surface area (TPSA) is 32.5 Å². The lowest BCUT2D eigenvalue weighted by atomic mass is 9.68. The van der Waals surface area contributed by atoms with E-state index in [-0.39, 0.29) is 0 Å². The van der Waals surface area contributed by atoms with E-state index in [1.165, 1.54) is 45.3 Å². The molecule has 1 heterocycles. The van der Waals surface area contributed by atoms with Gasteiger partial charge in [-0.2, -0.15) is 0 Å². The van der Waals surface area contributed by atoms with Crippen LogP contribution in [0, 0.1) is 11.3 Å². The fourth-order valence-corrected chi connectivity index (χ4v) is 3.74. The summed E-state index contributed by atoms with van der Waals surface area (Å²) in [6.07, 6.45) is 5.30. The maximum atomic E-state index is 6.49. The monoisotopic (exact) mass is 253 g/mol. The summed E-state index contributed by atoms with van der Waals surface area (Å²) in [4.78, 5) is 5.00. The second-order valence-corrected chi connectivity index (χ2v) is 7.33. The van der Waals surface area contributed by atoms with Gasteiger partial charge in [0.25, 0.3) is 0 Å². The first-order valence-electron chi connectivity index (χ1n) is 7.54. The lowest BCUT2D eigenvalue weighted by Crippen LogP contribution is -2.50. The first-order chi connectivity index (χ1) is 8.40. The minimum atomic E-state index is 0.337. The van der Waals surface area contributed by atoms with Crippen LogP contribution in [0.5, 0.6) is 0 Å². The fourth-order valence-electron chi connectivity index (χ4n) is 3.74. The molecule has 1 saturated heterocycles. The van der Waals surface area contributed by atoms with E-state index in [9.17, 15) is 0 Å². The predicted molar refractivity (Wildman–Crippen MR) is 77.6 cm³/mol. The van der Waals surface area contributed by atoms with Crippen molar-refractivity contribution in [2.45, 2.75) is 51.6 Å². The highest BCUT2D eigenvalue weighted by molar-refractivity contribution is 4.93. The van der Waals surface area contributed by atoms with Crippen molar-refractivity contribution in [1.82, 2.24) is 9.80 Å². The molecule has 0 radical (unpaired) electrons. The molecule has 3 heteroatoms. The minimum absolute atomic E-state index is 0.337. The highest BCUT2D eigenvalue weighted by Crippen LogP contribution is 2.38. The second-order valence-electron chi connectivity index (χ2n) is 7.33. The van der Waals surface area contributed by atoms with Gasteiger partial charge >= 0.3 is 0 Å². The first kappa shape index (κ1) is 14.3. The third-order valence-electron chi connectivity index (χ3n) is 5.28. The summed E-state index contributed by atoms with van der Waals surface area (Å²) in [5.74, 6) is 0.703. The maximum absolute atomic E-state index is 6.49. The van der Waals surface area contributed by atoms with Crippen LogP contribution in [0.1, 0.15) is 39.5 Å². The van der Waals surface area contributed by atoms with Gasteiger partial charge in [-0.25, -0.2) is 0 Å². The zero-order valence-corrected chi connectivity index (χ0v) is 12.7. The van der Waals surface area contributed by atoms with E-state index in [0.717, 1.165) is 6.04 Å². The third kappa shape index (κ3) is 3.06. The second kappa shape index (κ2) is 5.48. The van der Waals surface area contributed by atoms with Gasteiger partial charge in [-0.05, 0) is 51.2 Å². The molecule has 0 bridgehead atoms. The highest BCUT2D eigenvalue weighted by atomic mass is 15.2. The lowest BCUT2D eigenvalue weighted by molar-refractivity contribution is 0.108. The van der Waals surface area contributed by atoms with Crippen molar-refractivity contribution >= 4 is 0 Å². The van der Waals surface area contributed by atoms with Crippen LogP contribution >= 0.6 is 0 Å². The van der Waals surface area contributed by atoms with Gasteiger partial charge in [-0.1, -0.05) is 20.3 Å². The van der Waals surface area contributed by atoms with Crippen LogP contribution in [-0.2, 0) is 0 Å². The summed E-state index contributed by atoms with van der Waals surface area (Å²) in [5.41, 5.74) is 6.83. The number of likely N-dealkylation sites (N-methyl/N-ethyl adjacent to an activating group) is 1. The molecule has 3 nitrogen and oxygen atoms in total. The van der Waals surface area contributed by atoms with Crippen molar-refractivity contribution in [2.24, 2.45) is 17.1 Å². The Morgan fingerprint density at radius 3 is 2.61 bits per heavy atom. The molecule has 3 unspecified atom stereocenters. The summed E-state index contributed by atoms with van der Waals surface area (Å²) in [6, 6.07) is 1.13. The lowest BCUT2D eigenvalue weighted by Gasteiger charge is -2.43. The molecule has 106 valence electrons. The molecule has 18 heavy (non-hydrogen) atoms. The predicted octanol–water partition coefficient (Wildman–Crippen LogP) is 1.78. The zero-order chi connectivity index (χ0) is 13.3. The Morgan fingerprint density at radius 2 is 2.00 bits per heavy atom. The summed E-state index contributed by atoms with van der Waals surface area (Å²) in [5, 5.41) is 0. The Balaban J connectivity index is 1.86. The number of likely N-dealkylation sites (tertiary alicyclic amines) is 1. The van der Waals surface area contributed by atoms with E-state index in [4.69, 9.17) is 5.73 Å². The van der Waals surface area contributed by atoms with Gasteiger partial charge in [0.1, 0.15) is 0 Å². The zero-order valence-electron chi connectivity index (χ0n) is 12.7. The summed E-state index contributed by atoms with van der Waals surface area (Å²) < 4.78 is 0. The van der Waals surface area contributed by atoms with Crippen LogP contribution < -0.4 is 5.73 Å². The average Bonchev–Trinajstić information content (AvgIpc) is 2.73. The van der Waals surface area contributed by atoms with Gasteiger partial charge in [0.2, 0.25) is 0 Å². The summed E-state index contributed by atoms with van der Waals surface area (Å²) in [6.45, 7) is 8.39. The van der Waals surface area contributed by atoms with Crippen molar-refractivity contribution in [2.75, 3.05) is 33.7 Å². The number of rotatable bonds is 3. The van der Waals surface area contributed by atoms with E-state index in [1.807, 2.05) is 0 Å². The van der Waals surface area contributed by atoms with Gasteiger partial charge in [0.05, 0.1) is 0 Å². The molecule has 2 N–H and O–H groups in total. The molecule has 0 aromatic carbocycles. The van der Waals surface area contributed by atoms with E-state index in [2.05, 4.69) is 37.7 Å². The fraction of sp³-hybridized carbons (Fsp3) is 1.00. The standard InChI is InChI=1S/C15H31N3/c1-15(2)8-5-6-12(14(15)16)10-18-9-7-13(11-18)17(3)4/h12-14H,5-11,16H2,1-4H3. The molecule has 1 saturated carbocycles. The van der Waals surface area contributed by atoms with Crippen LogP contribution in [-0.4, -0.2) is 55.6 Å². The molecule has 0 aromatic rings. The molecule has 2 aliphatic rings. The van der Waals surface area contributed by atoms with Crippen LogP contribution in [0.3, 0.4) is 0 Å². The molecule has 0 amide bonds. The van der Waals surface area contributed by atoms with E-state index >= 15 is 0 Å². The van der Waals surface area contributed by atoms with Crippen LogP contribution in [0.4, 0.5) is 0 Å². The average molecular weight is 253 g/mol. The van der Waals surface area contributed by atoms with Crippen molar-refractivity contribution in [3.05, 3.63) is 0 Å². The number of nitrogens with zero attached hydrogens (tertiary/aromatic N) is 2. The quantitative estimate of drug-likeness (QED) is 0.832. The molecule has 0 spiro atoms. The van der Waals surface area contributed by atoms with Crippen molar-refractivity contribution in [1.29, 1.82) is 0 Å². The number of hydrogen-bond acceptors (Lipinski definition) is 3. The Bertz CT molecular complexity index is 275. The first-order valence-corrected chi connectivity index (χ1v) is 7.54. The Kier molecular flexibility index (Phi) is 4.35. The third-order valence-corrected chi connectivity index (χ3v) is 5.28. The molecule has 0 aromatic heterocycles. The number of hydrogen-bond donors (Lipinski definition) is 1. The van der Waals surface area contributed by atoms with Crippen molar-refractivity contribution < 1.29 is 0 Å². The van der Waals surface area contributed by atoms with Gasteiger partial charge < -0.3 is 15.5 Å². The molecule has 1 aliphatic carbocycles. The minimum Gasteiger partial charge on any atom is -0.327 e. The SMILES string of the molecule is CN(C)C1CCN(CC2CCCC(C)(C)C2N)C1.